The van der Waals surface area contributed by atoms with Gasteiger partial charge in [0, 0.05) is 19.6 Å². The molecule has 1 aliphatic heterocycles. The van der Waals surface area contributed by atoms with Crippen molar-refractivity contribution < 1.29 is 27.9 Å². The van der Waals surface area contributed by atoms with Gasteiger partial charge in [-0.05, 0) is 46.7 Å². The molecular formula is C15H30O6Si. The number of ether oxygens (including phenoxy) is 3. The van der Waals surface area contributed by atoms with Gasteiger partial charge in [0.05, 0.1) is 19.1 Å². The van der Waals surface area contributed by atoms with Crippen LogP contribution in [0.15, 0.2) is 0 Å². The van der Waals surface area contributed by atoms with Gasteiger partial charge < -0.3 is 23.1 Å². The molecule has 2 atom stereocenters. The highest BCUT2D eigenvalue weighted by Gasteiger charge is 2.49. The minimum Gasteiger partial charge on any atom is -0.466 e. The molecule has 1 aliphatic rings. The first kappa shape index (κ1) is 19.6. The summed E-state index contributed by atoms with van der Waals surface area (Å²) in [7, 11) is -2.46. The normalized spacial score (nSPS) is 25.7. The van der Waals surface area contributed by atoms with E-state index in [1.54, 1.807) is 6.92 Å². The predicted octanol–water partition coefficient (Wildman–Crippen LogP) is 2.95. The number of rotatable bonds is 9. The molecule has 22 heavy (non-hydrogen) atoms. The zero-order valence-electron chi connectivity index (χ0n) is 14.5. The Morgan fingerprint density at radius 1 is 1.23 bits per heavy atom. The number of carbonyl (C=O) groups excluding carboxylic acids is 1. The van der Waals surface area contributed by atoms with E-state index in [1.165, 1.54) is 0 Å². The largest absolute Gasteiger partial charge is 0.466 e. The molecule has 0 amide bonds. The highest BCUT2D eigenvalue weighted by molar-refractivity contribution is 6.66. The summed E-state index contributed by atoms with van der Waals surface area (Å²) in [6, 6.07) is 0.863. The van der Waals surface area contributed by atoms with Crippen molar-refractivity contribution in [3.8, 4) is 0 Å². The topological polar surface area (TPSA) is 63.2 Å². The molecule has 1 saturated heterocycles. The molecular weight excluding hydrogens is 304 g/mol. The highest BCUT2D eigenvalue weighted by Crippen LogP contribution is 2.36. The van der Waals surface area contributed by atoms with Gasteiger partial charge in [0.15, 0.2) is 0 Å². The van der Waals surface area contributed by atoms with Crippen molar-refractivity contribution in [2.24, 2.45) is 0 Å². The summed E-state index contributed by atoms with van der Waals surface area (Å²) in [6.07, 6.45) is 1.62. The average Bonchev–Trinajstić information content (AvgIpc) is 2.38. The van der Waals surface area contributed by atoms with Gasteiger partial charge in [-0.15, -0.1) is 0 Å². The van der Waals surface area contributed by atoms with Crippen molar-refractivity contribution in [3.63, 3.8) is 0 Å². The molecule has 0 aromatic rings. The van der Waals surface area contributed by atoms with Gasteiger partial charge >= 0.3 is 14.5 Å². The van der Waals surface area contributed by atoms with E-state index in [-0.39, 0.29) is 18.5 Å². The van der Waals surface area contributed by atoms with Crippen LogP contribution in [-0.2, 0) is 27.9 Å². The van der Waals surface area contributed by atoms with Gasteiger partial charge in [-0.1, -0.05) is 0 Å². The molecule has 130 valence electrons. The van der Waals surface area contributed by atoms with Crippen molar-refractivity contribution in [1.82, 2.24) is 0 Å². The lowest BCUT2D eigenvalue weighted by Gasteiger charge is -2.44. The van der Waals surface area contributed by atoms with E-state index in [0.717, 1.165) is 12.5 Å². The second kappa shape index (κ2) is 8.98. The van der Waals surface area contributed by atoms with Crippen LogP contribution in [0.1, 0.15) is 47.0 Å². The van der Waals surface area contributed by atoms with Crippen LogP contribution in [0.3, 0.4) is 0 Å². The fourth-order valence-electron chi connectivity index (χ4n) is 2.75. The first-order valence-corrected chi connectivity index (χ1v) is 10.7. The van der Waals surface area contributed by atoms with E-state index in [0.29, 0.717) is 26.2 Å². The van der Waals surface area contributed by atoms with Crippen LogP contribution in [-0.4, -0.2) is 46.4 Å². The molecule has 0 N–H and O–H groups in total. The zero-order valence-corrected chi connectivity index (χ0v) is 15.5. The fourth-order valence-corrected chi connectivity index (χ4v) is 5.65. The minimum absolute atomic E-state index is 0.232. The third kappa shape index (κ3) is 5.96. The maximum absolute atomic E-state index is 11.6. The molecule has 1 fully saturated rings. The van der Waals surface area contributed by atoms with Crippen LogP contribution in [0.5, 0.6) is 0 Å². The number of esters is 1. The van der Waals surface area contributed by atoms with E-state index in [9.17, 15) is 4.79 Å². The van der Waals surface area contributed by atoms with Crippen LogP contribution < -0.4 is 0 Å². The van der Waals surface area contributed by atoms with Crippen molar-refractivity contribution in [2.45, 2.75) is 71.6 Å². The number of hydrogen-bond acceptors (Lipinski definition) is 6. The van der Waals surface area contributed by atoms with Crippen LogP contribution >= 0.6 is 0 Å². The molecule has 1 rings (SSSR count). The van der Waals surface area contributed by atoms with E-state index < -0.39 is 14.5 Å². The number of hydrogen-bond donors (Lipinski definition) is 0. The standard InChI is InChI=1S/C15H30O6Si/c1-6-17-14(16)12-13(4)20-22(5)11-9-10-15(21-22,18-7-2)19-8-3/h13H,6-12H2,1-5H3. The second-order valence-corrected chi connectivity index (χ2v) is 8.78. The monoisotopic (exact) mass is 334 g/mol. The summed E-state index contributed by atoms with van der Waals surface area (Å²) < 4.78 is 28.7. The number of carbonyl (C=O) groups is 1. The van der Waals surface area contributed by atoms with Crippen molar-refractivity contribution in [2.75, 3.05) is 19.8 Å². The SMILES string of the molecule is CCOC(=O)CC(C)O[Si]1(C)CCCC(OCC)(OCC)O1. The van der Waals surface area contributed by atoms with Gasteiger partial charge in [0.25, 0.3) is 5.97 Å². The van der Waals surface area contributed by atoms with Gasteiger partial charge in [-0.25, -0.2) is 0 Å². The summed E-state index contributed by atoms with van der Waals surface area (Å²) in [5.41, 5.74) is 0. The Balaban J connectivity index is 2.65. The Labute approximate surface area is 134 Å². The van der Waals surface area contributed by atoms with Crippen LogP contribution in [0.4, 0.5) is 0 Å². The lowest BCUT2D eigenvalue weighted by molar-refractivity contribution is -0.358. The molecule has 6 nitrogen and oxygen atoms in total. The molecule has 0 aromatic heterocycles. The maximum atomic E-state index is 11.6. The summed E-state index contributed by atoms with van der Waals surface area (Å²) in [5, 5.41) is 0. The third-order valence-electron chi connectivity index (χ3n) is 3.42. The fraction of sp³-hybridized carbons (Fsp3) is 0.933. The van der Waals surface area contributed by atoms with E-state index >= 15 is 0 Å². The van der Waals surface area contributed by atoms with Crippen molar-refractivity contribution in [1.29, 1.82) is 0 Å². The van der Waals surface area contributed by atoms with Gasteiger partial charge in [-0.3, -0.25) is 4.79 Å². The second-order valence-electron chi connectivity index (χ2n) is 5.58. The lowest BCUT2D eigenvalue weighted by atomic mass is 10.3. The van der Waals surface area contributed by atoms with Crippen molar-refractivity contribution >= 4 is 14.5 Å². The Morgan fingerprint density at radius 3 is 2.41 bits per heavy atom. The molecule has 7 heteroatoms. The first-order chi connectivity index (χ1) is 10.4. The third-order valence-corrected chi connectivity index (χ3v) is 6.33. The molecule has 0 radical (unpaired) electrons. The van der Waals surface area contributed by atoms with E-state index in [1.807, 2.05) is 27.3 Å². The summed E-state index contributed by atoms with van der Waals surface area (Å²) >= 11 is 0. The molecule has 0 spiro atoms. The molecule has 2 unspecified atom stereocenters. The minimum atomic E-state index is -2.46. The lowest BCUT2D eigenvalue weighted by Crippen LogP contribution is -2.56. The first-order valence-electron chi connectivity index (χ1n) is 8.20. The molecule has 1 heterocycles. The quantitative estimate of drug-likeness (QED) is 0.367. The molecule has 0 saturated carbocycles. The maximum Gasteiger partial charge on any atom is 0.339 e. The summed E-state index contributed by atoms with van der Waals surface area (Å²) in [4.78, 5) is 11.6. The molecule has 0 aromatic carbocycles. The van der Waals surface area contributed by atoms with Crippen molar-refractivity contribution in [3.05, 3.63) is 0 Å². The Hall–Kier alpha value is -0.473. The zero-order chi connectivity index (χ0) is 16.6. The Bertz CT molecular complexity index is 339. The predicted molar refractivity (Wildman–Crippen MR) is 84.5 cm³/mol. The summed E-state index contributed by atoms with van der Waals surface area (Å²) in [5.74, 6) is -1.24. The average molecular weight is 334 g/mol. The van der Waals surface area contributed by atoms with Crippen LogP contribution in [0.2, 0.25) is 12.6 Å². The molecule has 0 bridgehead atoms. The van der Waals surface area contributed by atoms with E-state index in [4.69, 9.17) is 23.1 Å². The Kier molecular flexibility index (Phi) is 7.99. The van der Waals surface area contributed by atoms with Crippen LogP contribution in [0.25, 0.3) is 0 Å². The molecule has 0 aliphatic carbocycles. The summed E-state index contributed by atoms with van der Waals surface area (Å²) in [6.45, 7) is 10.9. The Morgan fingerprint density at radius 2 is 1.86 bits per heavy atom. The smallest absolute Gasteiger partial charge is 0.339 e. The van der Waals surface area contributed by atoms with Crippen LogP contribution in [0, 0.1) is 0 Å². The van der Waals surface area contributed by atoms with Gasteiger partial charge in [-0.2, -0.15) is 0 Å². The van der Waals surface area contributed by atoms with Gasteiger partial charge in [0.1, 0.15) is 0 Å². The van der Waals surface area contributed by atoms with E-state index in [2.05, 4.69) is 0 Å². The highest BCUT2D eigenvalue weighted by atomic mass is 28.4. The van der Waals surface area contributed by atoms with Gasteiger partial charge in [0.2, 0.25) is 0 Å².